The summed E-state index contributed by atoms with van der Waals surface area (Å²) < 4.78 is 0. The molecule has 0 aliphatic heterocycles. The molecule has 6 heteroatoms. The molecule has 0 rings (SSSR count). The number of allylic oxidation sites excluding steroid dienone is 3. The molecule has 0 aromatic heterocycles. The molecule has 1 unspecified atom stereocenters. The topological polar surface area (TPSA) is 74.7 Å². The van der Waals surface area contributed by atoms with Gasteiger partial charge >= 0.3 is 5.97 Å². The lowest BCUT2D eigenvalue weighted by molar-refractivity contribution is -0.154. The second-order valence-electron chi connectivity index (χ2n) is 5.07. The van der Waals surface area contributed by atoms with Crippen molar-refractivity contribution in [2.75, 3.05) is 5.75 Å². The molecule has 0 aliphatic rings. The molecular weight excluding hydrogens is 290 g/mol. The quantitative estimate of drug-likeness (QED) is 0.430. The van der Waals surface area contributed by atoms with Gasteiger partial charge in [0.25, 0.3) is 5.91 Å². The second kappa shape index (κ2) is 9.39. The molecule has 0 aliphatic carbocycles. The highest BCUT2D eigenvalue weighted by atomic mass is 32.1. The van der Waals surface area contributed by atoms with E-state index in [2.05, 4.69) is 18.7 Å². The standard InChI is InChI=1S/C15H23NO4S/c1-10(2)6-5-7-11(3)8-14(18)16(12(4)17)13(9-21)15(19)20/h6,8,13,21H,5,7,9H2,1-4H3,(H,19,20)/b11-8+. The van der Waals surface area contributed by atoms with Crippen LogP contribution >= 0.6 is 12.6 Å². The lowest BCUT2D eigenvalue weighted by Crippen LogP contribution is -2.48. The number of hydrogen-bond acceptors (Lipinski definition) is 4. The van der Waals surface area contributed by atoms with Crippen LogP contribution in [-0.4, -0.2) is 39.6 Å². The van der Waals surface area contributed by atoms with E-state index in [1.54, 1.807) is 6.92 Å². The molecule has 1 atom stereocenters. The third kappa shape index (κ3) is 7.13. The first-order valence-electron chi connectivity index (χ1n) is 6.68. The number of rotatable bonds is 7. The zero-order valence-corrected chi connectivity index (χ0v) is 13.8. The zero-order valence-electron chi connectivity index (χ0n) is 12.9. The van der Waals surface area contributed by atoms with Crippen LogP contribution in [0.1, 0.15) is 40.5 Å². The highest BCUT2D eigenvalue weighted by Gasteiger charge is 2.30. The van der Waals surface area contributed by atoms with E-state index < -0.39 is 23.8 Å². The lowest BCUT2D eigenvalue weighted by atomic mass is 10.1. The summed E-state index contributed by atoms with van der Waals surface area (Å²) in [5.41, 5.74) is 1.99. The Hall–Kier alpha value is -1.56. The number of carbonyl (C=O) groups excluding carboxylic acids is 2. The van der Waals surface area contributed by atoms with Gasteiger partial charge in [-0.05, 0) is 33.6 Å². The summed E-state index contributed by atoms with van der Waals surface area (Å²) in [5.74, 6) is -2.58. The number of imide groups is 1. The van der Waals surface area contributed by atoms with E-state index >= 15 is 0 Å². The van der Waals surface area contributed by atoms with Crippen LogP contribution in [0, 0.1) is 0 Å². The van der Waals surface area contributed by atoms with Gasteiger partial charge in [0.1, 0.15) is 6.04 Å². The molecule has 0 saturated heterocycles. The summed E-state index contributed by atoms with van der Waals surface area (Å²) in [6, 6.07) is -1.25. The first-order chi connectivity index (χ1) is 9.70. The van der Waals surface area contributed by atoms with Crippen molar-refractivity contribution in [2.24, 2.45) is 0 Å². The van der Waals surface area contributed by atoms with E-state index in [-0.39, 0.29) is 5.75 Å². The van der Waals surface area contributed by atoms with E-state index in [4.69, 9.17) is 5.11 Å². The fourth-order valence-corrected chi connectivity index (χ4v) is 2.06. The zero-order chi connectivity index (χ0) is 16.6. The van der Waals surface area contributed by atoms with E-state index in [0.717, 1.165) is 16.9 Å². The SMILES string of the molecule is CC(=O)N(C(=O)/C=C(\C)CCC=C(C)C)C(CS)C(=O)O. The molecule has 5 nitrogen and oxygen atoms in total. The number of hydrogen-bond donors (Lipinski definition) is 2. The van der Waals surface area contributed by atoms with Crippen LogP contribution in [0.3, 0.4) is 0 Å². The van der Waals surface area contributed by atoms with E-state index in [1.807, 2.05) is 13.8 Å². The molecule has 21 heavy (non-hydrogen) atoms. The number of carboxylic acid groups (broad SMARTS) is 1. The van der Waals surface area contributed by atoms with Crippen LogP contribution < -0.4 is 0 Å². The highest BCUT2D eigenvalue weighted by molar-refractivity contribution is 7.80. The number of thiol groups is 1. The summed E-state index contributed by atoms with van der Waals surface area (Å²) in [4.78, 5) is 35.5. The van der Waals surface area contributed by atoms with Gasteiger partial charge in [-0.3, -0.25) is 14.5 Å². The molecule has 0 aromatic carbocycles. The van der Waals surface area contributed by atoms with Crippen LogP contribution in [0.25, 0.3) is 0 Å². The van der Waals surface area contributed by atoms with Crippen molar-refractivity contribution < 1.29 is 19.5 Å². The fraction of sp³-hybridized carbons (Fsp3) is 0.533. The van der Waals surface area contributed by atoms with Gasteiger partial charge < -0.3 is 5.11 Å². The maximum absolute atomic E-state index is 12.1. The summed E-state index contributed by atoms with van der Waals surface area (Å²) in [6.07, 6.45) is 4.85. The van der Waals surface area contributed by atoms with Crippen LogP contribution in [0.5, 0.6) is 0 Å². The molecule has 0 fully saturated rings. The van der Waals surface area contributed by atoms with Crippen LogP contribution in [-0.2, 0) is 14.4 Å². The van der Waals surface area contributed by atoms with Crippen molar-refractivity contribution in [3.63, 3.8) is 0 Å². The maximum Gasteiger partial charge on any atom is 0.327 e. The molecule has 0 spiro atoms. The molecule has 0 heterocycles. The Labute approximate surface area is 131 Å². The number of carbonyl (C=O) groups is 3. The largest absolute Gasteiger partial charge is 0.480 e. The van der Waals surface area contributed by atoms with E-state index in [1.165, 1.54) is 18.6 Å². The number of nitrogens with zero attached hydrogens (tertiary/aromatic N) is 1. The minimum atomic E-state index is -1.25. The highest BCUT2D eigenvalue weighted by Crippen LogP contribution is 2.10. The summed E-state index contributed by atoms with van der Waals surface area (Å²) in [5, 5.41) is 9.05. The summed E-state index contributed by atoms with van der Waals surface area (Å²) >= 11 is 3.90. The summed E-state index contributed by atoms with van der Waals surface area (Å²) in [6.45, 7) is 6.94. The van der Waals surface area contributed by atoms with Crippen LogP contribution in [0.15, 0.2) is 23.3 Å². The first-order valence-corrected chi connectivity index (χ1v) is 7.31. The molecule has 0 radical (unpaired) electrons. The normalized spacial score (nSPS) is 12.5. The van der Waals surface area contributed by atoms with Gasteiger partial charge in [-0.2, -0.15) is 12.6 Å². The van der Waals surface area contributed by atoms with Gasteiger partial charge in [0, 0.05) is 18.8 Å². The third-order valence-electron chi connectivity index (χ3n) is 2.81. The van der Waals surface area contributed by atoms with Crippen molar-refractivity contribution in [1.82, 2.24) is 4.90 Å². The van der Waals surface area contributed by atoms with Gasteiger partial charge in [-0.1, -0.05) is 17.2 Å². The van der Waals surface area contributed by atoms with Crippen molar-refractivity contribution in [1.29, 1.82) is 0 Å². The van der Waals surface area contributed by atoms with E-state index in [9.17, 15) is 14.4 Å². The average molecular weight is 313 g/mol. The van der Waals surface area contributed by atoms with Crippen molar-refractivity contribution in [3.8, 4) is 0 Å². The Kier molecular flexibility index (Phi) is 8.69. The predicted molar refractivity (Wildman–Crippen MR) is 85.2 cm³/mol. The van der Waals surface area contributed by atoms with Gasteiger partial charge in [0.05, 0.1) is 0 Å². The van der Waals surface area contributed by atoms with Gasteiger partial charge in [0.15, 0.2) is 0 Å². The van der Waals surface area contributed by atoms with Crippen molar-refractivity contribution in [2.45, 2.75) is 46.6 Å². The molecule has 1 N–H and O–H groups in total. The Bertz CT molecular complexity index is 464. The smallest absolute Gasteiger partial charge is 0.327 e. The van der Waals surface area contributed by atoms with Crippen LogP contribution in [0.2, 0.25) is 0 Å². The van der Waals surface area contributed by atoms with E-state index in [0.29, 0.717) is 6.42 Å². The van der Waals surface area contributed by atoms with Gasteiger partial charge in [-0.15, -0.1) is 0 Å². The Morgan fingerprint density at radius 1 is 1.19 bits per heavy atom. The number of carboxylic acids is 1. The lowest BCUT2D eigenvalue weighted by Gasteiger charge is -2.23. The number of aliphatic carboxylic acids is 1. The predicted octanol–water partition coefficient (Wildman–Crippen LogP) is 2.44. The Balaban J connectivity index is 5.02. The molecule has 0 saturated carbocycles. The Morgan fingerprint density at radius 2 is 1.76 bits per heavy atom. The van der Waals surface area contributed by atoms with Crippen LogP contribution in [0.4, 0.5) is 0 Å². The minimum Gasteiger partial charge on any atom is -0.480 e. The van der Waals surface area contributed by atoms with Crippen molar-refractivity contribution in [3.05, 3.63) is 23.3 Å². The molecular formula is C15H23NO4S. The van der Waals surface area contributed by atoms with Gasteiger partial charge in [-0.25, -0.2) is 4.79 Å². The van der Waals surface area contributed by atoms with Crippen molar-refractivity contribution >= 4 is 30.4 Å². The Morgan fingerprint density at radius 3 is 2.14 bits per heavy atom. The second-order valence-corrected chi connectivity index (χ2v) is 5.44. The third-order valence-corrected chi connectivity index (χ3v) is 3.15. The first kappa shape index (κ1) is 19.4. The molecule has 0 bridgehead atoms. The monoisotopic (exact) mass is 313 g/mol. The molecule has 0 aromatic rings. The maximum atomic E-state index is 12.1. The van der Waals surface area contributed by atoms with Gasteiger partial charge in [0.2, 0.25) is 5.91 Å². The molecule has 118 valence electrons. The minimum absolute atomic E-state index is 0.120. The summed E-state index contributed by atoms with van der Waals surface area (Å²) in [7, 11) is 0. The number of amides is 2. The average Bonchev–Trinajstić information content (AvgIpc) is 2.33. The molecule has 2 amide bonds. The fourth-order valence-electron chi connectivity index (χ4n) is 1.74.